The number of aryl methyl sites for hydroxylation is 1. The number of rotatable bonds is 6. The van der Waals surface area contributed by atoms with Gasteiger partial charge in [0.1, 0.15) is 0 Å². The fourth-order valence-electron chi connectivity index (χ4n) is 2.94. The molecule has 0 spiro atoms. The molecular weight excluding hydrogens is 376 g/mol. The van der Waals surface area contributed by atoms with Gasteiger partial charge in [-0.3, -0.25) is 4.68 Å². The zero-order valence-corrected chi connectivity index (χ0v) is 16.4. The first kappa shape index (κ1) is 19.0. The molecule has 0 unspecified atom stereocenters. The summed E-state index contributed by atoms with van der Waals surface area (Å²) in [5.41, 5.74) is 0.770. The maximum atomic E-state index is 12.7. The van der Waals surface area contributed by atoms with Gasteiger partial charge in [0, 0.05) is 45.5 Å². The highest BCUT2D eigenvalue weighted by Gasteiger charge is 2.28. The molecule has 3 rings (SSSR count). The summed E-state index contributed by atoms with van der Waals surface area (Å²) in [7, 11) is -4.03. The molecule has 0 N–H and O–H groups in total. The van der Waals surface area contributed by atoms with E-state index in [1.807, 2.05) is 0 Å². The first-order valence-electron chi connectivity index (χ1n) is 8.25. The Morgan fingerprint density at radius 3 is 2.15 bits per heavy atom. The minimum absolute atomic E-state index is 0.0595. The van der Waals surface area contributed by atoms with Gasteiger partial charge in [0.05, 0.1) is 16.0 Å². The second-order valence-corrected chi connectivity index (χ2v) is 10.3. The molecule has 10 heteroatoms. The highest BCUT2D eigenvalue weighted by Crippen LogP contribution is 2.23. The Balaban J connectivity index is 1.80. The largest absolute Gasteiger partial charge is 0.275 e. The number of sulfonamides is 2. The third-order valence-corrected chi connectivity index (χ3v) is 8.13. The van der Waals surface area contributed by atoms with Crippen LogP contribution in [0.2, 0.25) is 0 Å². The van der Waals surface area contributed by atoms with Crippen molar-refractivity contribution in [3.05, 3.63) is 42.2 Å². The predicted octanol–water partition coefficient (Wildman–Crippen LogP) is 1.03. The Morgan fingerprint density at radius 2 is 1.62 bits per heavy atom. The molecule has 1 aliphatic rings. The van der Waals surface area contributed by atoms with E-state index in [1.54, 1.807) is 24.1 Å². The molecule has 2 heterocycles. The SMILES string of the molecule is CN(Cc1cnn(C)c1)S(=O)(=O)c1ccc(S(=O)(=O)N2CCCC2)cc1. The molecule has 1 saturated heterocycles. The zero-order valence-electron chi connectivity index (χ0n) is 14.7. The van der Waals surface area contributed by atoms with Crippen LogP contribution in [0.5, 0.6) is 0 Å². The van der Waals surface area contributed by atoms with Gasteiger partial charge in [-0.2, -0.15) is 13.7 Å². The standard InChI is InChI=1S/C16H22N4O4S2/c1-18-12-14(11-17-18)13-19(2)25(21,22)15-5-7-16(8-6-15)26(23,24)20-9-3-4-10-20/h5-8,11-12H,3-4,9-10,13H2,1-2H3. The molecule has 0 atom stereocenters. The lowest BCUT2D eigenvalue weighted by Gasteiger charge is -2.18. The Labute approximate surface area is 154 Å². The van der Waals surface area contributed by atoms with Crippen LogP contribution in [0, 0.1) is 0 Å². The molecule has 1 aliphatic heterocycles. The van der Waals surface area contributed by atoms with Crippen molar-refractivity contribution in [2.75, 3.05) is 20.1 Å². The fourth-order valence-corrected chi connectivity index (χ4v) is 5.61. The van der Waals surface area contributed by atoms with Gasteiger partial charge < -0.3 is 0 Å². The van der Waals surface area contributed by atoms with Gasteiger partial charge >= 0.3 is 0 Å². The average Bonchev–Trinajstić information content (AvgIpc) is 3.27. The van der Waals surface area contributed by atoms with Gasteiger partial charge in [-0.15, -0.1) is 0 Å². The molecule has 0 aliphatic carbocycles. The van der Waals surface area contributed by atoms with Crippen LogP contribution in [0.4, 0.5) is 0 Å². The zero-order chi connectivity index (χ0) is 18.9. The van der Waals surface area contributed by atoms with Crippen molar-refractivity contribution in [3.63, 3.8) is 0 Å². The summed E-state index contributed by atoms with van der Waals surface area (Å²) in [5, 5.41) is 4.02. The Hall–Kier alpha value is -1.75. The summed E-state index contributed by atoms with van der Waals surface area (Å²) in [5.74, 6) is 0. The number of nitrogens with zero attached hydrogens (tertiary/aromatic N) is 4. The van der Waals surface area contributed by atoms with Crippen LogP contribution >= 0.6 is 0 Å². The molecule has 0 radical (unpaired) electrons. The lowest BCUT2D eigenvalue weighted by atomic mass is 10.4. The van der Waals surface area contributed by atoms with E-state index < -0.39 is 20.0 Å². The van der Waals surface area contributed by atoms with Crippen molar-refractivity contribution in [1.29, 1.82) is 0 Å². The monoisotopic (exact) mass is 398 g/mol. The lowest BCUT2D eigenvalue weighted by Crippen LogP contribution is -2.28. The van der Waals surface area contributed by atoms with Crippen LogP contribution in [0.3, 0.4) is 0 Å². The molecule has 1 aromatic heterocycles. The molecule has 0 bridgehead atoms. The maximum absolute atomic E-state index is 12.7. The first-order valence-corrected chi connectivity index (χ1v) is 11.1. The highest BCUT2D eigenvalue weighted by atomic mass is 32.2. The van der Waals surface area contributed by atoms with Crippen molar-refractivity contribution in [2.24, 2.45) is 7.05 Å². The van der Waals surface area contributed by atoms with Gasteiger partial charge in [0.25, 0.3) is 0 Å². The molecule has 2 aromatic rings. The minimum Gasteiger partial charge on any atom is -0.275 e. The maximum Gasteiger partial charge on any atom is 0.243 e. The second-order valence-electron chi connectivity index (χ2n) is 6.37. The molecule has 0 amide bonds. The highest BCUT2D eigenvalue weighted by molar-refractivity contribution is 7.89. The normalized spacial score (nSPS) is 16.4. The Bertz CT molecular complexity index is 976. The summed E-state index contributed by atoms with van der Waals surface area (Å²) in [4.78, 5) is 0.178. The predicted molar refractivity (Wildman–Crippen MR) is 96.3 cm³/mol. The molecular formula is C16H22N4O4S2. The van der Waals surface area contributed by atoms with Gasteiger partial charge in [-0.05, 0) is 37.1 Å². The summed E-state index contributed by atoms with van der Waals surface area (Å²) in [6.07, 6.45) is 5.06. The summed E-state index contributed by atoms with van der Waals surface area (Å²) >= 11 is 0. The van der Waals surface area contributed by atoms with E-state index in [1.165, 1.54) is 39.9 Å². The van der Waals surface area contributed by atoms with Gasteiger partial charge in [-0.25, -0.2) is 16.8 Å². The molecule has 1 aromatic carbocycles. The Morgan fingerprint density at radius 1 is 1.04 bits per heavy atom. The van der Waals surface area contributed by atoms with E-state index in [-0.39, 0.29) is 16.3 Å². The van der Waals surface area contributed by atoms with Crippen LogP contribution in [0.1, 0.15) is 18.4 Å². The number of hydrogen-bond acceptors (Lipinski definition) is 5. The van der Waals surface area contributed by atoms with E-state index in [0.717, 1.165) is 18.4 Å². The van der Waals surface area contributed by atoms with Gasteiger partial charge in [-0.1, -0.05) is 0 Å². The van der Waals surface area contributed by atoms with Crippen LogP contribution in [0.25, 0.3) is 0 Å². The summed E-state index contributed by atoms with van der Waals surface area (Å²) in [6, 6.07) is 5.41. The van der Waals surface area contributed by atoms with Crippen molar-refractivity contribution < 1.29 is 16.8 Å². The van der Waals surface area contributed by atoms with Gasteiger partial charge in [0.2, 0.25) is 20.0 Å². The van der Waals surface area contributed by atoms with E-state index in [4.69, 9.17) is 0 Å². The molecule has 8 nitrogen and oxygen atoms in total. The number of benzene rings is 1. The van der Waals surface area contributed by atoms with Crippen molar-refractivity contribution in [2.45, 2.75) is 29.2 Å². The summed E-state index contributed by atoms with van der Waals surface area (Å²) in [6.45, 7) is 1.20. The third kappa shape index (κ3) is 3.68. The smallest absolute Gasteiger partial charge is 0.243 e. The van der Waals surface area contributed by atoms with Gasteiger partial charge in [0.15, 0.2) is 0 Å². The summed E-state index contributed by atoms with van der Waals surface area (Å²) < 4.78 is 54.7. The van der Waals surface area contributed by atoms with E-state index in [9.17, 15) is 16.8 Å². The second kappa shape index (κ2) is 7.10. The molecule has 0 saturated carbocycles. The lowest BCUT2D eigenvalue weighted by molar-refractivity contribution is 0.466. The van der Waals surface area contributed by atoms with Crippen LogP contribution in [-0.2, 0) is 33.6 Å². The Kier molecular flexibility index (Phi) is 5.20. The molecule has 142 valence electrons. The van der Waals surface area contributed by atoms with Crippen LogP contribution < -0.4 is 0 Å². The molecule has 26 heavy (non-hydrogen) atoms. The van der Waals surface area contributed by atoms with E-state index in [2.05, 4.69) is 5.10 Å². The quantitative estimate of drug-likeness (QED) is 0.724. The molecule has 1 fully saturated rings. The average molecular weight is 399 g/mol. The van der Waals surface area contributed by atoms with Crippen molar-refractivity contribution in [3.8, 4) is 0 Å². The number of hydrogen-bond donors (Lipinski definition) is 0. The van der Waals surface area contributed by atoms with Crippen molar-refractivity contribution in [1.82, 2.24) is 18.4 Å². The fraction of sp³-hybridized carbons (Fsp3) is 0.438. The van der Waals surface area contributed by atoms with Crippen LogP contribution in [0.15, 0.2) is 46.5 Å². The van der Waals surface area contributed by atoms with Crippen LogP contribution in [-0.4, -0.2) is 55.4 Å². The van der Waals surface area contributed by atoms with Crippen molar-refractivity contribution >= 4 is 20.0 Å². The minimum atomic E-state index is -3.72. The van der Waals surface area contributed by atoms with E-state index in [0.29, 0.717) is 13.1 Å². The first-order chi connectivity index (χ1) is 12.2. The number of aromatic nitrogens is 2. The van der Waals surface area contributed by atoms with E-state index >= 15 is 0 Å². The topological polar surface area (TPSA) is 92.6 Å². The third-order valence-electron chi connectivity index (χ3n) is 4.40.